The van der Waals surface area contributed by atoms with Crippen LogP contribution >= 0.6 is 11.6 Å². The van der Waals surface area contributed by atoms with E-state index >= 15 is 0 Å². The summed E-state index contributed by atoms with van der Waals surface area (Å²) in [5, 5.41) is 10.1. The number of nitriles is 1. The smallest absolute Gasteiger partial charge is 0.471 e. The number of hydrogen-bond donors (Lipinski definition) is 0. The maximum atomic E-state index is 13.0. The first-order valence-corrected chi connectivity index (χ1v) is 10.7. The molecular weight excluding hydrogens is 459 g/mol. The third kappa shape index (κ3) is 3.76. The van der Waals surface area contributed by atoms with E-state index in [9.17, 15) is 18.0 Å². The van der Waals surface area contributed by atoms with Crippen LogP contribution in [-0.4, -0.2) is 49.7 Å². The molecule has 5 rings (SSSR count). The highest BCUT2D eigenvalue weighted by atomic mass is 35.5. The van der Waals surface area contributed by atoms with Crippen molar-refractivity contribution in [2.45, 2.75) is 50.0 Å². The molecule has 1 aromatic carbocycles. The highest BCUT2D eigenvalue weighted by Gasteiger charge is 2.52. The summed E-state index contributed by atoms with van der Waals surface area (Å²) in [4.78, 5) is 21.4. The van der Waals surface area contributed by atoms with Gasteiger partial charge in [-0.3, -0.25) is 9.36 Å². The Morgan fingerprint density at radius 2 is 1.91 bits per heavy atom. The lowest BCUT2D eigenvalue weighted by Gasteiger charge is -2.38. The number of fused-ring (bicyclic) bond motifs is 3. The Hall–Kier alpha value is -3.32. The number of aromatic nitrogens is 3. The number of hydrogen-bond acceptors (Lipinski definition) is 5. The fraction of sp³-hybridized carbons (Fsp3) is 0.364. The molecule has 2 bridgehead atoms. The number of ether oxygens (including phenoxy) is 1. The average Bonchev–Trinajstić information content (AvgIpc) is 3.31. The van der Waals surface area contributed by atoms with E-state index in [1.165, 1.54) is 6.33 Å². The molecule has 0 aliphatic carbocycles. The first-order valence-electron chi connectivity index (χ1n) is 10.3. The number of nitrogens with zero attached hydrogens (tertiary/aromatic N) is 5. The highest BCUT2D eigenvalue weighted by molar-refractivity contribution is 6.32. The minimum Gasteiger partial charge on any atom is -0.474 e. The van der Waals surface area contributed by atoms with Crippen LogP contribution in [0.5, 0.6) is 5.88 Å². The molecule has 0 radical (unpaired) electrons. The van der Waals surface area contributed by atoms with Crippen LogP contribution in [0.15, 0.2) is 36.8 Å². The zero-order valence-electron chi connectivity index (χ0n) is 17.1. The van der Waals surface area contributed by atoms with Gasteiger partial charge in [-0.05, 0) is 37.1 Å². The van der Waals surface area contributed by atoms with E-state index in [-0.39, 0.29) is 6.10 Å². The lowest BCUT2D eigenvalue weighted by Crippen LogP contribution is -2.53. The molecule has 2 aromatic heterocycles. The molecule has 4 heterocycles. The van der Waals surface area contributed by atoms with Crippen LogP contribution in [-0.2, 0) is 4.79 Å². The molecule has 2 saturated heterocycles. The second-order valence-electron chi connectivity index (χ2n) is 8.19. The molecule has 7 nitrogen and oxygen atoms in total. The predicted molar refractivity (Wildman–Crippen MR) is 112 cm³/mol. The Labute approximate surface area is 191 Å². The molecule has 2 fully saturated rings. The Bertz CT molecular complexity index is 1270. The molecular formula is C22H17ClF3N5O2. The van der Waals surface area contributed by atoms with Gasteiger partial charge in [-0.2, -0.15) is 18.4 Å². The van der Waals surface area contributed by atoms with Crippen molar-refractivity contribution in [3.63, 3.8) is 0 Å². The Kier molecular flexibility index (Phi) is 5.16. The molecule has 33 heavy (non-hydrogen) atoms. The van der Waals surface area contributed by atoms with Gasteiger partial charge in [-0.25, -0.2) is 9.97 Å². The largest absolute Gasteiger partial charge is 0.474 e. The van der Waals surface area contributed by atoms with E-state index in [2.05, 4.69) is 9.97 Å². The number of halogens is 4. The van der Waals surface area contributed by atoms with Crippen molar-refractivity contribution in [3.05, 3.63) is 47.4 Å². The number of benzene rings is 1. The fourth-order valence-electron chi connectivity index (χ4n) is 4.85. The van der Waals surface area contributed by atoms with Gasteiger partial charge in [0.05, 0.1) is 27.7 Å². The van der Waals surface area contributed by atoms with E-state index < -0.39 is 24.2 Å². The molecule has 0 N–H and O–H groups in total. The van der Waals surface area contributed by atoms with Crippen molar-refractivity contribution in [1.82, 2.24) is 19.4 Å². The maximum Gasteiger partial charge on any atom is 0.471 e. The second kappa shape index (κ2) is 7.92. The normalized spacial score (nSPS) is 22.4. The molecule has 1 amide bonds. The molecule has 2 atom stereocenters. The predicted octanol–water partition coefficient (Wildman–Crippen LogP) is 4.41. The summed E-state index contributed by atoms with van der Waals surface area (Å²) in [5.74, 6) is -1.45. The number of carbonyl (C=O) groups is 1. The number of piperidine rings is 1. The summed E-state index contributed by atoms with van der Waals surface area (Å²) in [7, 11) is 0. The summed E-state index contributed by atoms with van der Waals surface area (Å²) in [6.07, 6.45) is -0.449. The van der Waals surface area contributed by atoms with Gasteiger partial charge in [0.25, 0.3) is 0 Å². The van der Waals surface area contributed by atoms with Crippen LogP contribution in [0.4, 0.5) is 13.2 Å². The summed E-state index contributed by atoms with van der Waals surface area (Å²) in [6.45, 7) is 0. The molecule has 11 heteroatoms. The van der Waals surface area contributed by atoms with Crippen LogP contribution in [0.2, 0.25) is 5.02 Å². The Morgan fingerprint density at radius 3 is 2.55 bits per heavy atom. The van der Waals surface area contributed by atoms with Crippen molar-refractivity contribution in [2.24, 2.45) is 0 Å². The van der Waals surface area contributed by atoms with E-state index in [4.69, 9.17) is 21.6 Å². The standard InChI is InChI=1S/C22H17ClF3N5O2/c23-17-7-12(10-27)1-4-18(17)30-6-5-16-19(30)28-11-29-20(16)33-15-8-13-2-3-14(9-15)31(13)21(32)22(24,25)26/h1,4-7,11,13-15H,2-3,8-9H2/t13-,14-/m0/s1. The molecule has 0 unspecified atom stereocenters. The van der Waals surface area contributed by atoms with Gasteiger partial charge in [0.2, 0.25) is 5.88 Å². The summed E-state index contributed by atoms with van der Waals surface area (Å²) >= 11 is 6.35. The van der Waals surface area contributed by atoms with Crippen molar-refractivity contribution in [1.29, 1.82) is 5.26 Å². The number of carbonyl (C=O) groups excluding carboxylic acids is 1. The summed E-state index contributed by atoms with van der Waals surface area (Å²) < 4.78 is 46.8. The lowest BCUT2D eigenvalue weighted by atomic mass is 9.99. The van der Waals surface area contributed by atoms with Crippen LogP contribution < -0.4 is 4.74 Å². The molecule has 0 saturated carbocycles. The first kappa shape index (κ1) is 21.5. The molecule has 0 spiro atoms. The lowest BCUT2D eigenvalue weighted by molar-refractivity contribution is -0.191. The van der Waals surface area contributed by atoms with Gasteiger partial charge in [0.1, 0.15) is 12.4 Å². The minimum atomic E-state index is -4.87. The minimum absolute atomic E-state index is 0.311. The van der Waals surface area contributed by atoms with Gasteiger partial charge in [0, 0.05) is 31.1 Å². The fourth-order valence-corrected chi connectivity index (χ4v) is 5.12. The third-order valence-corrected chi connectivity index (χ3v) is 6.53. The molecule has 3 aromatic rings. The van der Waals surface area contributed by atoms with Crippen LogP contribution in [0, 0.1) is 11.3 Å². The van der Waals surface area contributed by atoms with E-state index in [1.807, 2.05) is 6.07 Å². The van der Waals surface area contributed by atoms with Crippen molar-refractivity contribution in [2.75, 3.05) is 0 Å². The summed E-state index contributed by atoms with van der Waals surface area (Å²) in [5.41, 5.74) is 1.61. The van der Waals surface area contributed by atoms with E-state index in [0.29, 0.717) is 58.9 Å². The van der Waals surface area contributed by atoms with Crippen molar-refractivity contribution in [3.8, 4) is 17.6 Å². The Balaban J connectivity index is 1.40. The van der Waals surface area contributed by atoms with E-state index in [1.54, 1.807) is 35.0 Å². The monoisotopic (exact) mass is 475 g/mol. The molecule has 2 aliphatic heterocycles. The zero-order chi connectivity index (χ0) is 23.3. The van der Waals surface area contributed by atoms with Gasteiger partial charge < -0.3 is 9.64 Å². The number of amides is 1. The molecule has 170 valence electrons. The zero-order valence-corrected chi connectivity index (χ0v) is 17.8. The number of alkyl halides is 3. The Morgan fingerprint density at radius 1 is 1.18 bits per heavy atom. The topological polar surface area (TPSA) is 84.0 Å². The van der Waals surface area contributed by atoms with Crippen LogP contribution in [0.1, 0.15) is 31.2 Å². The maximum absolute atomic E-state index is 13.0. The first-order chi connectivity index (χ1) is 15.8. The number of rotatable bonds is 3. The van der Waals surface area contributed by atoms with Gasteiger partial charge in [-0.1, -0.05) is 11.6 Å². The molecule has 2 aliphatic rings. The van der Waals surface area contributed by atoms with Crippen molar-refractivity contribution < 1.29 is 22.7 Å². The van der Waals surface area contributed by atoms with Gasteiger partial charge in [-0.15, -0.1) is 0 Å². The summed E-state index contributed by atoms with van der Waals surface area (Å²) in [6, 6.07) is 7.74. The van der Waals surface area contributed by atoms with E-state index in [0.717, 1.165) is 4.90 Å². The third-order valence-electron chi connectivity index (χ3n) is 6.23. The van der Waals surface area contributed by atoms with Gasteiger partial charge >= 0.3 is 12.1 Å². The quantitative estimate of drug-likeness (QED) is 0.560. The second-order valence-corrected chi connectivity index (χ2v) is 8.59. The SMILES string of the molecule is N#Cc1ccc(-n2ccc3c(OC4C[C@@H]5CC[C@@H](C4)N5C(=O)C(F)(F)F)ncnc32)c(Cl)c1. The van der Waals surface area contributed by atoms with Gasteiger partial charge in [0.15, 0.2) is 5.65 Å². The van der Waals surface area contributed by atoms with Crippen molar-refractivity contribution >= 4 is 28.5 Å². The average molecular weight is 476 g/mol. The van der Waals surface area contributed by atoms with Crippen LogP contribution in [0.25, 0.3) is 16.7 Å². The van der Waals surface area contributed by atoms with Crippen LogP contribution in [0.3, 0.4) is 0 Å². The highest BCUT2D eigenvalue weighted by Crippen LogP contribution is 2.40.